The Morgan fingerprint density at radius 1 is 0.534 bits per heavy atom. The van der Waals surface area contributed by atoms with Crippen molar-refractivity contribution in [1.29, 1.82) is 0 Å². The number of fused-ring (bicyclic) bond motifs is 4. The third kappa shape index (κ3) is 27.7. The van der Waals surface area contributed by atoms with E-state index >= 15 is 0 Å². The van der Waals surface area contributed by atoms with Crippen LogP contribution in [-0.4, -0.2) is 21.1 Å². The van der Waals surface area contributed by atoms with Crippen LogP contribution < -0.4 is 5.32 Å². The van der Waals surface area contributed by atoms with Crippen molar-refractivity contribution in [2.75, 3.05) is 0 Å². The van der Waals surface area contributed by atoms with Crippen LogP contribution in [0.15, 0.2) is 115 Å². The number of benzene rings is 4. The van der Waals surface area contributed by atoms with E-state index in [0.29, 0.717) is 28.2 Å². The standard InChI is InChI=1S/C9H9N.C9H8.C8H7NO.C7H6N2.4C5H12/c1-7-6-8-4-2-3-5-9(8)10-7;1-2-5-9-7-3-6-8(9)4-1;10-8-7-4-2-1-3-6(7)5-9-8;1-2-4-7-6(3-1)5-8-9-7;4*1-5(2,3)4/h2-6,10H,1H3;1-6H,7H2;1-4H,5H2,(H,9,10);1-5H,(H,8,9);4*1-4H3. The molecule has 8 rings (SSSR count). The van der Waals surface area contributed by atoms with E-state index in [1.165, 1.54) is 27.7 Å². The molecule has 2 aliphatic rings. The molecule has 0 fully saturated rings. The van der Waals surface area contributed by atoms with E-state index in [0.717, 1.165) is 28.5 Å². The maximum atomic E-state index is 11.0. The third-order valence-electron chi connectivity index (χ3n) is 6.41. The first-order chi connectivity index (χ1) is 26.7. The summed E-state index contributed by atoms with van der Waals surface area (Å²) in [6, 6.07) is 34.6. The van der Waals surface area contributed by atoms with E-state index in [1.807, 2.05) is 60.8 Å². The zero-order valence-corrected chi connectivity index (χ0v) is 39.3. The van der Waals surface area contributed by atoms with Crippen molar-refractivity contribution in [3.8, 4) is 0 Å². The van der Waals surface area contributed by atoms with Gasteiger partial charge in [0, 0.05) is 28.7 Å². The molecule has 316 valence electrons. The summed E-state index contributed by atoms with van der Waals surface area (Å²) in [5.41, 5.74) is 10.3. The molecule has 0 radical (unpaired) electrons. The number of carbonyl (C=O) groups excluding carboxylic acids is 1. The van der Waals surface area contributed by atoms with Crippen molar-refractivity contribution in [2.24, 2.45) is 21.7 Å². The van der Waals surface area contributed by atoms with Gasteiger partial charge in [0.15, 0.2) is 0 Å². The Kier molecular flexibility index (Phi) is 21.3. The summed E-state index contributed by atoms with van der Waals surface area (Å²) in [4.78, 5) is 14.2. The van der Waals surface area contributed by atoms with Crippen LogP contribution in [-0.2, 0) is 13.0 Å². The number of nitrogens with zero attached hydrogens (tertiary/aromatic N) is 1. The number of carbonyl (C=O) groups is 1. The van der Waals surface area contributed by atoms with Gasteiger partial charge in [0.1, 0.15) is 0 Å². The molecule has 1 aliphatic heterocycles. The zero-order chi connectivity index (χ0) is 44.2. The highest BCUT2D eigenvalue weighted by molar-refractivity contribution is 5.98. The highest BCUT2D eigenvalue weighted by atomic mass is 16.1. The number of aromatic nitrogens is 3. The molecule has 5 heteroatoms. The fourth-order valence-electron chi connectivity index (χ4n) is 4.46. The summed E-state index contributed by atoms with van der Waals surface area (Å²) in [6.45, 7) is 37.8. The average molecular weight is 787 g/mol. The van der Waals surface area contributed by atoms with E-state index in [9.17, 15) is 4.79 Å². The number of hydrogen-bond acceptors (Lipinski definition) is 2. The van der Waals surface area contributed by atoms with Gasteiger partial charge in [-0.1, -0.05) is 202 Å². The topological polar surface area (TPSA) is 73.6 Å². The van der Waals surface area contributed by atoms with Gasteiger partial charge >= 0.3 is 0 Å². The number of allylic oxidation sites excluding steroid dienone is 1. The van der Waals surface area contributed by atoms with E-state index in [1.54, 1.807) is 0 Å². The van der Waals surface area contributed by atoms with Gasteiger partial charge in [-0.25, -0.2) is 0 Å². The van der Waals surface area contributed by atoms with Crippen LogP contribution >= 0.6 is 0 Å². The molecule has 1 aliphatic carbocycles. The minimum atomic E-state index is 0.0515. The summed E-state index contributed by atoms with van der Waals surface area (Å²) in [5, 5.41) is 11.9. The van der Waals surface area contributed by atoms with Crippen LogP contribution in [0.25, 0.3) is 27.9 Å². The molecular weight excluding hydrogens is 709 g/mol. The summed E-state index contributed by atoms with van der Waals surface area (Å²) in [5.74, 6) is 0.0515. The monoisotopic (exact) mass is 787 g/mol. The van der Waals surface area contributed by atoms with Crippen LogP contribution in [0.5, 0.6) is 0 Å². The lowest BCUT2D eigenvalue weighted by Gasteiger charge is -2.05. The van der Waals surface area contributed by atoms with Gasteiger partial charge in [0.2, 0.25) is 0 Å². The Morgan fingerprint density at radius 2 is 0.983 bits per heavy atom. The summed E-state index contributed by atoms with van der Waals surface area (Å²) < 4.78 is 0. The van der Waals surface area contributed by atoms with Gasteiger partial charge < -0.3 is 10.3 Å². The second-order valence-corrected chi connectivity index (χ2v) is 21.1. The van der Waals surface area contributed by atoms with Crippen molar-refractivity contribution in [3.05, 3.63) is 143 Å². The summed E-state index contributed by atoms with van der Waals surface area (Å²) in [7, 11) is 0. The Labute approximate surface area is 353 Å². The highest BCUT2D eigenvalue weighted by Gasteiger charge is 2.16. The summed E-state index contributed by atoms with van der Waals surface area (Å²) >= 11 is 0. The molecular formula is C53H78N4O. The van der Waals surface area contributed by atoms with Gasteiger partial charge in [-0.3, -0.25) is 9.89 Å². The molecule has 1 amide bonds. The van der Waals surface area contributed by atoms with E-state index < -0.39 is 0 Å². The highest BCUT2D eigenvalue weighted by Crippen LogP contribution is 2.18. The van der Waals surface area contributed by atoms with Crippen LogP contribution in [0, 0.1) is 28.6 Å². The van der Waals surface area contributed by atoms with Crippen LogP contribution in [0.4, 0.5) is 0 Å². The Bertz CT molecular complexity index is 1930. The number of nitrogens with one attached hydrogen (secondary N) is 3. The molecule has 0 saturated carbocycles. The van der Waals surface area contributed by atoms with Crippen molar-refractivity contribution >= 4 is 33.8 Å². The number of aryl methyl sites for hydroxylation is 1. The van der Waals surface area contributed by atoms with Gasteiger partial charge in [0.25, 0.3) is 5.91 Å². The first-order valence-corrected chi connectivity index (χ1v) is 20.7. The van der Waals surface area contributed by atoms with Crippen molar-refractivity contribution < 1.29 is 4.79 Å². The normalized spacial score (nSPS) is 12.2. The number of amides is 1. The number of aromatic amines is 2. The van der Waals surface area contributed by atoms with Crippen molar-refractivity contribution in [2.45, 2.75) is 131 Å². The molecule has 5 nitrogen and oxygen atoms in total. The Balaban J connectivity index is 0.000000339. The maximum absolute atomic E-state index is 11.0. The number of hydrogen-bond donors (Lipinski definition) is 3. The van der Waals surface area contributed by atoms with Crippen LogP contribution in [0.1, 0.15) is 144 Å². The smallest absolute Gasteiger partial charge is 0.251 e. The zero-order valence-electron chi connectivity index (χ0n) is 39.3. The third-order valence-corrected chi connectivity index (χ3v) is 6.41. The lowest BCUT2D eigenvalue weighted by molar-refractivity contribution is 0.0965. The number of rotatable bonds is 0. The molecule has 0 bridgehead atoms. The Morgan fingerprint density at radius 3 is 1.48 bits per heavy atom. The van der Waals surface area contributed by atoms with Crippen LogP contribution in [0.2, 0.25) is 0 Å². The second kappa shape index (κ2) is 24.1. The molecule has 0 atom stereocenters. The first-order valence-electron chi connectivity index (χ1n) is 20.7. The molecule has 2 aromatic heterocycles. The molecule has 3 N–H and O–H groups in total. The predicted octanol–water partition coefficient (Wildman–Crippen LogP) is 15.4. The van der Waals surface area contributed by atoms with Gasteiger partial charge in [-0.05, 0) is 81.3 Å². The van der Waals surface area contributed by atoms with Gasteiger partial charge in [-0.15, -0.1) is 0 Å². The minimum absolute atomic E-state index is 0.0515. The lowest BCUT2D eigenvalue weighted by atomic mass is 10.0. The van der Waals surface area contributed by atoms with Crippen molar-refractivity contribution in [3.63, 3.8) is 0 Å². The largest absolute Gasteiger partial charge is 0.359 e. The van der Waals surface area contributed by atoms with Crippen molar-refractivity contribution in [1.82, 2.24) is 20.5 Å². The first kappa shape index (κ1) is 51.1. The molecule has 0 spiro atoms. The quantitative estimate of drug-likeness (QED) is 0.143. The van der Waals surface area contributed by atoms with Crippen LogP contribution in [0.3, 0.4) is 0 Å². The Hall–Kier alpha value is -4.90. The molecule has 0 saturated heterocycles. The number of H-pyrrole nitrogens is 2. The molecule has 0 unspecified atom stereocenters. The maximum Gasteiger partial charge on any atom is 0.251 e. The van der Waals surface area contributed by atoms with Gasteiger partial charge in [-0.2, -0.15) is 5.10 Å². The second-order valence-electron chi connectivity index (χ2n) is 21.1. The summed E-state index contributed by atoms with van der Waals surface area (Å²) in [6.07, 6.45) is 7.31. The van der Waals surface area contributed by atoms with E-state index in [2.05, 4.69) is 199 Å². The molecule has 3 heterocycles. The number of para-hydroxylation sites is 2. The average Bonchev–Trinajstić information content (AvgIpc) is 3.89. The fourth-order valence-corrected chi connectivity index (χ4v) is 4.46. The molecule has 6 aromatic rings. The predicted molar refractivity (Wildman–Crippen MR) is 256 cm³/mol. The van der Waals surface area contributed by atoms with E-state index in [-0.39, 0.29) is 5.91 Å². The molecule has 4 aromatic carbocycles. The minimum Gasteiger partial charge on any atom is -0.359 e. The lowest BCUT2D eigenvalue weighted by Crippen LogP contribution is -2.12. The fraction of sp³-hybridized carbons (Fsp3) is 0.434. The van der Waals surface area contributed by atoms with Gasteiger partial charge in [0.05, 0.1) is 11.7 Å². The van der Waals surface area contributed by atoms with E-state index in [4.69, 9.17) is 0 Å². The molecule has 58 heavy (non-hydrogen) atoms. The SMILES string of the molecule is C1=Cc2ccccc2C1.CC(C)(C)C.CC(C)(C)C.CC(C)(C)C.CC(C)(C)C.Cc1cc2ccccc2[nH]1.O=C1NCc2ccccc21.c1ccc2[nH]ncc2c1.